The van der Waals surface area contributed by atoms with Gasteiger partial charge in [-0.25, -0.2) is 0 Å². The Bertz CT molecular complexity index is 343. The van der Waals surface area contributed by atoms with E-state index >= 15 is 0 Å². The van der Waals surface area contributed by atoms with Crippen LogP contribution in [0.25, 0.3) is 0 Å². The maximum absolute atomic E-state index is 6.37. The summed E-state index contributed by atoms with van der Waals surface area (Å²) in [6, 6.07) is 0. The van der Waals surface area contributed by atoms with Crippen LogP contribution in [0.5, 0.6) is 0 Å². The summed E-state index contributed by atoms with van der Waals surface area (Å²) in [5.74, 6) is 3.53. The summed E-state index contributed by atoms with van der Waals surface area (Å²) in [6.07, 6.45) is 8.33. The third-order valence-electron chi connectivity index (χ3n) is 5.59. The lowest BCUT2D eigenvalue weighted by Gasteiger charge is -2.45. The highest BCUT2D eigenvalue weighted by Gasteiger charge is 2.53. The van der Waals surface area contributed by atoms with Gasteiger partial charge in [0.1, 0.15) is 0 Å². The molecule has 1 heteroatoms. The molecule has 1 nitrogen and oxygen atoms in total. The third kappa shape index (κ3) is 1.78. The molecule has 17 heavy (non-hydrogen) atoms. The Morgan fingerprint density at radius 3 is 2.53 bits per heavy atom. The van der Waals surface area contributed by atoms with E-state index in [-0.39, 0.29) is 5.60 Å². The Labute approximate surface area is 106 Å². The van der Waals surface area contributed by atoms with Crippen molar-refractivity contribution in [3.63, 3.8) is 0 Å². The van der Waals surface area contributed by atoms with Crippen molar-refractivity contribution in [2.24, 2.45) is 23.7 Å². The monoisotopic (exact) mass is 234 g/mol. The van der Waals surface area contributed by atoms with Gasteiger partial charge in [-0.05, 0) is 70.1 Å². The molecule has 0 aromatic heterocycles. The van der Waals surface area contributed by atoms with Crippen molar-refractivity contribution in [1.82, 2.24) is 0 Å². The highest BCUT2D eigenvalue weighted by molar-refractivity contribution is 5.18. The van der Waals surface area contributed by atoms with Crippen molar-refractivity contribution in [3.8, 4) is 0 Å². The average molecular weight is 234 g/mol. The summed E-state index contributed by atoms with van der Waals surface area (Å²) >= 11 is 0. The van der Waals surface area contributed by atoms with Crippen molar-refractivity contribution in [3.05, 3.63) is 11.6 Å². The molecule has 0 saturated heterocycles. The van der Waals surface area contributed by atoms with E-state index in [4.69, 9.17) is 4.74 Å². The topological polar surface area (TPSA) is 9.23 Å². The first-order valence-electron chi connectivity index (χ1n) is 7.36. The molecule has 0 aromatic carbocycles. The van der Waals surface area contributed by atoms with Crippen LogP contribution in [-0.4, -0.2) is 11.7 Å². The normalized spacial score (nSPS) is 53.9. The predicted molar refractivity (Wildman–Crippen MR) is 70.8 cm³/mol. The van der Waals surface area contributed by atoms with Crippen molar-refractivity contribution in [2.45, 2.75) is 65.1 Å². The fraction of sp³-hybridized carbons (Fsp3) is 0.875. The zero-order chi connectivity index (χ0) is 12.2. The SMILES string of the molecule is CC1=CC(C)(C2C3CCC(C3)C2C)OC(C)C1. The number of hydrogen-bond acceptors (Lipinski definition) is 1. The smallest absolute Gasteiger partial charge is 0.0874 e. The Morgan fingerprint density at radius 2 is 1.94 bits per heavy atom. The van der Waals surface area contributed by atoms with Gasteiger partial charge in [-0.3, -0.25) is 0 Å². The predicted octanol–water partition coefficient (Wildman–Crippen LogP) is 4.18. The van der Waals surface area contributed by atoms with E-state index in [1.807, 2.05) is 0 Å². The van der Waals surface area contributed by atoms with Crippen LogP contribution < -0.4 is 0 Å². The van der Waals surface area contributed by atoms with Crippen molar-refractivity contribution < 1.29 is 4.74 Å². The van der Waals surface area contributed by atoms with Crippen molar-refractivity contribution >= 4 is 0 Å². The Hall–Kier alpha value is -0.300. The van der Waals surface area contributed by atoms with Crippen molar-refractivity contribution in [2.75, 3.05) is 0 Å². The first-order valence-corrected chi connectivity index (χ1v) is 7.36. The molecule has 0 amide bonds. The van der Waals surface area contributed by atoms with Gasteiger partial charge in [0, 0.05) is 0 Å². The Balaban J connectivity index is 1.90. The molecule has 0 N–H and O–H groups in total. The van der Waals surface area contributed by atoms with E-state index in [2.05, 4.69) is 33.8 Å². The number of fused-ring (bicyclic) bond motifs is 2. The summed E-state index contributed by atoms with van der Waals surface area (Å²) in [5.41, 5.74) is 1.54. The lowest BCUT2D eigenvalue weighted by Crippen LogP contribution is -2.46. The molecule has 0 radical (unpaired) electrons. The Morgan fingerprint density at radius 1 is 1.24 bits per heavy atom. The second-order valence-electron chi connectivity index (χ2n) is 7.03. The second-order valence-corrected chi connectivity index (χ2v) is 7.03. The molecule has 3 aliphatic rings. The van der Waals surface area contributed by atoms with Crippen LogP contribution in [0.4, 0.5) is 0 Å². The molecule has 1 aliphatic heterocycles. The van der Waals surface area contributed by atoms with E-state index < -0.39 is 0 Å². The second kappa shape index (κ2) is 3.85. The molecular formula is C16H26O. The zero-order valence-electron chi connectivity index (χ0n) is 11.7. The van der Waals surface area contributed by atoms with Crippen LogP contribution in [0.2, 0.25) is 0 Å². The van der Waals surface area contributed by atoms with E-state index in [9.17, 15) is 0 Å². The molecule has 0 aromatic rings. The molecule has 2 bridgehead atoms. The largest absolute Gasteiger partial charge is 0.368 e. The highest BCUT2D eigenvalue weighted by Crippen LogP contribution is 2.57. The number of ether oxygens (including phenoxy) is 1. The van der Waals surface area contributed by atoms with Crippen LogP contribution in [-0.2, 0) is 4.74 Å². The highest BCUT2D eigenvalue weighted by atomic mass is 16.5. The van der Waals surface area contributed by atoms with Crippen LogP contribution in [0, 0.1) is 23.7 Å². The van der Waals surface area contributed by atoms with Crippen LogP contribution >= 0.6 is 0 Å². The third-order valence-corrected chi connectivity index (χ3v) is 5.59. The van der Waals surface area contributed by atoms with Gasteiger partial charge in [0.25, 0.3) is 0 Å². The van der Waals surface area contributed by atoms with E-state index in [0.29, 0.717) is 6.10 Å². The average Bonchev–Trinajstić information content (AvgIpc) is 2.74. The molecule has 3 rings (SSSR count). The van der Waals surface area contributed by atoms with Crippen molar-refractivity contribution in [1.29, 1.82) is 0 Å². The molecule has 6 atom stereocenters. The van der Waals surface area contributed by atoms with E-state index in [1.165, 1.54) is 24.8 Å². The van der Waals surface area contributed by atoms with Crippen LogP contribution in [0.15, 0.2) is 11.6 Å². The number of hydrogen-bond donors (Lipinski definition) is 0. The first kappa shape index (κ1) is 11.8. The maximum atomic E-state index is 6.37. The minimum Gasteiger partial charge on any atom is -0.368 e. The lowest BCUT2D eigenvalue weighted by molar-refractivity contribution is -0.111. The summed E-state index contributed by atoms with van der Waals surface area (Å²) < 4.78 is 6.37. The van der Waals surface area contributed by atoms with Gasteiger partial charge in [0.2, 0.25) is 0 Å². The maximum Gasteiger partial charge on any atom is 0.0874 e. The zero-order valence-corrected chi connectivity index (χ0v) is 11.7. The molecule has 2 fully saturated rings. The minimum atomic E-state index is 0.0149. The summed E-state index contributed by atoms with van der Waals surface area (Å²) in [7, 11) is 0. The van der Waals surface area contributed by atoms with Gasteiger partial charge >= 0.3 is 0 Å². The van der Waals surface area contributed by atoms with Gasteiger partial charge in [-0.1, -0.05) is 18.6 Å². The van der Waals surface area contributed by atoms with E-state index in [1.54, 1.807) is 0 Å². The summed E-state index contributed by atoms with van der Waals surface area (Å²) in [5, 5.41) is 0. The van der Waals surface area contributed by atoms with Crippen LogP contribution in [0.1, 0.15) is 53.4 Å². The molecule has 6 unspecified atom stereocenters. The standard InChI is InChI=1S/C16H26O/c1-10-7-11(2)17-16(4,9-10)15-12(3)13-5-6-14(15)8-13/h9,11-15H,5-8H2,1-4H3. The quantitative estimate of drug-likeness (QED) is 0.618. The van der Waals surface area contributed by atoms with Gasteiger partial charge < -0.3 is 4.74 Å². The van der Waals surface area contributed by atoms with Crippen LogP contribution in [0.3, 0.4) is 0 Å². The minimum absolute atomic E-state index is 0.0149. The molecule has 0 spiro atoms. The fourth-order valence-electron chi connectivity index (χ4n) is 5.25. The lowest BCUT2D eigenvalue weighted by atomic mass is 9.70. The molecule has 96 valence electrons. The van der Waals surface area contributed by atoms with Gasteiger partial charge in [0.05, 0.1) is 11.7 Å². The molecular weight excluding hydrogens is 208 g/mol. The number of rotatable bonds is 1. The van der Waals surface area contributed by atoms with E-state index in [0.717, 1.165) is 30.1 Å². The van der Waals surface area contributed by atoms with Gasteiger partial charge in [-0.2, -0.15) is 0 Å². The molecule has 2 saturated carbocycles. The van der Waals surface area contributed by atoms with Gasteiger partial charge in [-0.15, -0.1) is 0 Å². The van der Waals surface area contributed by atoms with Gasteiger partial charge in [0.15, 0.2) is 0 Å². The molecule has 2 aliphatic carbocycles. The fourth-order valence-corrected chi connectivity index (χ4v) is 5.25. The molecule has 1 heterocycles. The summed E-state index contributed by atoms with van der Waals surface area (Å²) in [6.45, 7) is 9.31. The summed E-state index contributed by atoms with van der Waals surface area (Å²) in [4.78, 5) is 0. The Kier molecular flexibility index (Phi) is 2.66. The first-order chi connectivity index (χ1) is 7.99.